The molecular weight excluding hydrogens is 318 g/mol. The summed E-state index contributed by atoms with van der Waals surface area (Å²) < 4.78 is 0.972. The molecule has 2 amide bonds. The van der Waals surface area contributed by atoms with Gasteiger partial charge in [0.1, 0.15) is 0 Å². The smallest absolute Gasteiger partial charge is 0.262 e. The van der Waals surface area contributed by atoms with Crippen LogP contribution >= 0.6 is 15.9 Å². The van der Waals surface area contributed by atoms with E-state index in [1.54, 1.807) is 6.07 Å². The van der Waals surface area contributed by atoms with Crippen molar-refractivity contribution in [3.8, 4) is 0 Å². The molecule has 1 aliphatic heterocycles. The summed E-state index contributed by atoms with van der Waals surface area (Å²) in [4.78, 5) is 26.0. The van der Waals surface area contributed by atoms with E-state index in [0.717, 1.165) is 15.6 Å². The van der Waals surface area contributed by atoms with Crippen LogP contribution in [0.15, 0.2) is 46.9 Å². The summed E-state index contributed by atoms with van der Waals surface area (Å²) >= 11 is 3.37. The largest absolute Gasteiger partial charge is 0.270 e. The minimum absolute atomic E-state index is 0.203. The molecule has 20 heavy (non-hydrogen) atoms. The average Bonchev–Trinajstić information content (AvgIpc) is 2.67. The van der Waals surface area contributed by atoms with E-state index < -0.39 is 0 Å². The summed E-state index contributed by atoms with van der Waals surface area (Å²) in [6.45, 7) is 2.16. The van der Waals surface area contributed by atoms with E-state index in [2.05, 4.69) is 15.9 Å². The number of carbonyl (C=O) groups excluding carboxylic acids is 2. The van der Waals surface area contributed by atoms with Crippen LogP contribution in [0, 0.1) is 6.92 Å². The van der Waals surface area contributed by atoms with Crippen LogP contribution < -0.4 is 0 Å². The van der Waals surface area contributed by atoms with Gasteiger partial charge in [-0.1, -0.05) is 40.2 Å². The Balaban J connectivity index is 1.94. The molecule has 0 saturated heterocycles. The second-order valence-corrected chi connectivity index (χ2v) is 5.74. The average molecular weight is 330 g/mol. The number of amides is 2. The summed E-state index contributed by atoms with van der Waals surface area (Å²) in [6.07, 6.45) is 0. The lowest BCUT2D eigenvalue weighted by molar-refractivity contribution is 0.0642. The number of hydrogen-bond donors (Lipinski definition) is 0. The van der Waals surface area contributed by atoms with Crippen molar-refractivity contribution >= 4 is 27.7 Å². The molecule has 3 nitrogen and oxygen atoms in total. The molecule has 1 heterocycles. The molecule has 2 aromatic carbocycles. The number of hydrogen-bond acceptors (Lipinski definition) is 2. The summed E-state index contributed by atoms with van der Waals surface area (Å²) in [5.41, 5.74) is 2.82. The molecule has 2 aromatic rings. The summed E-state index contributed by atoms with van der Waals surface area (Å²) in [6, 6.07) is 13.0. The molecule has 3 rings (SSSR count). The van der Waals surface area contributed by atoms with E-state index >= 15 is 0 Å². The van der Waals surface area contributed by atoms with Gasteiger partial charge in [-0.3, -0.25) is 14.5 Å². The Morgan fingerprint density at radius 2 is 1.70 bits per heavy atom. The third-order valence-electron chi connectivity index (χ3n) is 3.46. The van der Waals surface area contributed by atoms with E-state index in [-0.39, 0.29) is 11.8 Å². The third kappa shape index (κ3) is 2.06. The second kappa shape index (κ2) is 4.87. The fraction of sp³-hybridized carbons (Fsp3) is 0.125. The monoisotopic (exact) mass is 329 g/mol. The highest BCUT2D eigenvalue weighted by Gasteiger charge is 2.36. The summed E-state index contributed by atoms with van der Waals surface area (Å²) in [7, 11) is 0. The van der Waals surface area contributed by atoms with Crippen molar-refractivity contribution < 1.29 is 9.59 Å². The highest BCUT2D eigenvalue weighted by molar-refractivity contribution is 9.10. The zero-order valence-electron chi connectivity index (χ0n) is 10.9. The Bertz CT molecular complexity index is 707. The number of imide groups is 1. The van der Waals surface area contributed by atoms with Crippen LogP contribution in [0.4, 0.5) is 0 Å². The van der Waals surface area contributed by atoms with E-state index in [1.807, 2.05) is 43.3 Å². The molecule has 4 heteroatoms. The van der Waals surface area contributed by atoms with E-state index in [4.69, 9.17) is 0 Å². The first-order valence-electron chi connectivity index (χ1n) is 6.28. The Morgan fingerprint density at radius 1 is 1.00 bits per heavy atom. The maximum atomic E-state index is 12.4. The second-order valence-electron chi connectivity index (χ2n) is 4.82. The zero-order chi connectivity index (χ0) is 14.3. The van der Waals surface area contributed by atoms with Crippen LogP contribution in [0.1, 0.15) is 31.8 Å². The number of rotatable bonds is 2. The van der Waals surface area contributed by atoms with Gasteiger partial charge in [0.05, 0.1) is 17.7 Å². The van der Waals surface area contributed by atoms with Gasteiger partial charge >= 0.3 is 0 Å². The number of nitrogens with zero attached hydrogens (tertiary/aromatic N) is 1. The number of carbonyl (C=O) groups is 2. The third-order valence-corrected chi connectivity index (χ3v) is 3.99. The first-order chi connectivity index (χ1) is 9.58. The van der Waals surface area contributed by atoms with Crippen LogP contribution in [-0.2, 0) is 6.54 Å². The minimum atomic E-state index is -0.211. The van der Waals surface area contributed by atoms with Gasteiger partial charge in [0.25, 0.3) is 11.8 Å². The Kier molecular flexibility index (Phi) is 3.18. The van der Waals surface area contributed by atoms with E-state index in [9.17, 15) is 9.59 Å². The van der Waals surface area contributed by atoms with Crippen LogP contribution in [0.5, 0.6) is 0 Å². The number of aryl methyl sites for hydroxylation is 1. The van der Waals surface area contributed by atoms with Crippen molar-refractivity contribution in [1.29, 1.82) is 0 Å². The van der Waals surface area contributed by atoms with Crippen molar-refractivity contribution in [2.45, 2.75) is 13.5 Å². The SMILES string of the molecule is Cc1cccc2c1C(=O)N(Cc1ccc(Br)cc1)C2=O. The van der Waals surface area contributed by atoms with Crippen molar-refractivity contribution in [2.24, 2.45) is 0 Å². The lowest BCUT2D eigenvalue weighted by atomic mass is 10.0. The van der Waals surface area contributed by atoms with Crippen LogP contribution in [0.25, 0.3) is 0 Å². The van der Waals surface area contributed by atoms with Gasteiger partial charge in [-0.05, 0) is 36.2 Å². The first-order valence-corrected chi connectivity index (χ1v) is 7.07. The maximum absolute atomic E-state index is 12.4. The molecule has 0 bridgehead atoms. The van der Waals surface area contributed by atoms with Gasteiger partial charge in [-0.15, -0.1) is 0 Å². The van der Waals surface area contributed by atoms with Crippen molar-refractivity contribution in [1.82, 2.24) is 4.90 Å². The van der Waals surface area contributed by atoms with Crippen LogP contribution in [-0.4, -0.2) is 16.7 Å². The maximum Gasteiger partial charge on any atom is 0.262 e. The molecule has 0 aliphatic carbocycles. The predicted molar refractivity (Wildman–Crippen MR) is 79.5 cm³/mol. The van der Waals surface area contributed by atoms with Gasteiger partial charge in [-0.2, -0.15) is 0 Å². The first kappa shape index (κ1) is 13.1. The molecule has 0 aromatic heterocycles. The molecule has 0 spiro atoms. The van der Waals surface area contributed by atoms with Gasteiger partial charge in [-0.25, -0.2) is 0 Å². The standard InChI is InChI=1S/C16H12BrNO2/c1-10-3-2-4-13-14(10)16(20)18(15(13)19)9-11-5-7-12(17)8-6-11/h2-8H,9H2,1H3. The number of halogens is 1. The molecular formula is C16H12BrNO2. The zero-order valence-corrected chi connectivity index (χ0v) is 12.5. The molecule has 0 radical (unpaired) electrons. The fourth-order valence-corrected chi connectivity index (χ4v) is 2.68. The molecule has 0 fully saturated rings. The van der Waals surface area contributed by atoms with Gasteiger partial charge in [0.2, 0.25) is 0 Å². The van der Waals surface area contributed by atoms with Crippen LogP contribution in [0.2, 0.25) is 0 Å². The summed E-state index contributed by atoms with van der Waals surface area (Å²) in [5.74, 6) is -0.414. The minimum Gasteiger partial charge on any atom is -0.270 e. The van der Waals surface area contributed by atoms with E-state index in [0.29, 0.717) is 17.7 Å². The van der Waals surface area contributed by atoms with Crippen LogP contribution in [0.3, 0.4) is 0 Å². The quantitative estimate of drug-likeness (QED) is 0.790. The highest BCUT2D eigenvalue weighted by atomic mass is 79.9. The van der Waals surface area contributed by atoms with Crippen molar-refractivity contribution in [2.75, 3.05) is 0 Å². The molecule has 0 saturated carbocycles. The Hall–Kier alpha value is -1.94. The normalized spacial score (nSPS) is 13.8. The molecule has 0 atom stereocenters. The molecule has 100 valence electrons. The Labute approximate surface area is 125 Å². The Morgan fingerprint density at radius 3 is 2.35 bits per heavy atom. The summed E-state index contributed by atoms with van der Waals surface area (Å²) in [5, 5.41) is 0. The molecule has 0 N–H and O–H groups in total. The molecule has 1 aliphatic rings. The van der Waals surface area contributed by atoms with E-state index in [1.165, 1.54) is 4.90 Å². The highest BCUT2D eigenvalue weighted by Crippen LogP contribution is 2.27. The number of fused-ring (bicyclic) bond motifs is 1. The predicted octanol–water partition coefficient (Wildman–Crippen LogP) is 3.55. The van der Waals surface area contributed by atoms with Crippen molar-refractivity contribution in [3.63, 3.8) is 0 Å². The van der Waals surface area contributed by atoms with Gasteiger partial charge in [0, 0.05) is 4.47 Å². The fourth-order valence-electron chi connectivity index (χ4n) is 2.42. The lowest BCUT2D eigenvalue weighted by Crippen LogP contribution is -2.29. The lowest BCUT2D eigenvalue weighted by Gasteiger charge is -2.13. The van der Waals surface area contributed by atoms with Crippen molar-refractivity contribution in [3.05, 3.63) is 69.2 Å². The topological polar surface area (TPSA) is 37.4 Å². The molecule has 0 unspecified atom stereocenters. The number of benzene rings is 2. The van der Waals surface area contributed by atoms with Gasteiger partial charge in [0.15, 0.2) is 0 Å². The van der Waals surface area contributed by atoms with Gasteiger partial charge < -0.3 is 0 Å².